The maximum absolute atomic E-state index is 12.7. The topological polar surface area (TPSA) is 78.9 Å². The van der Waals surface area contributed by atoms with Gasteiger partial charge in [-0.3, -0.25) is 14.4 Å². The molecule has 0 unspecified atom stereocenters. The molecular weight excluding hydrogens is 685 g/mol. The molecule has 55 heavy (non-hydrogen) atoms. The van der Waals surface area contributed by atoms with Gasteiger partial charge >= 0.3 is 17.9 Å². The fraction of sp³-hybridized carbons (Fsp3) is 0.939. The Bertz CT molecular complexity index is 826. The lowest BCUT2D eigenvalue weighted by Gasteiger charge is -2.18. The monoisotopic (exact) mass is 779 g/mol. The molecule has 6 heteroatoms. The quantitative estimate of drug-likeness (QED) is 0.0348. The lowest BCUT2D eigenvalue weighted by molar-refractivity contribution is -0.167. The van der Waals surface area contributed by atoms with Crippen LogP contribution in [-0.2, 0) is 28.6 Å². The van der Waals surface area contributed by atoms with Gasteiger partial charge in [0.1, 0.15) is 13.2 Å². The van der Waals surface area contributed by atoms with E-state index in [1.54, 1.807) is 0 Å². The van der Waals surface area contributed by atoms with Gasteiger partial charge in [0.25, 0.3) is 0 Å². The second-order valence-corrected chi connectivity index (χ2v) is 17.2. The van der Waals surface area contributed by atoms with Gasteiger partial charge in [-0.2, -0.15) is 0 Å². The number of hydrogen-bond donors (Lipinski definition) is 0. The van der Waals surface area contributed by atoms with Crippen molar-refractivity contribution in [1.29, 1.82) is 0 Å². The highest BCUT2D eigenvalue weighted by Gasteiger charge is 2.19. The molecule has 0 rings (SSSR count). The van der Waals surface area contributed by atoms with Crippen molar-refractivity contribution in [3.05, 3.63) is 0 Å². The Balaban J connectivity index is 4.18. The summed E-state index contributed by atoms with van der Waals surface area (Å²) in [6, 6.07) is 0. The molecular formula is C49H94O6. The van der Waals surface area contributed by atoms with Crippen LogP contribution >= 0.6 is 0 Å². The first-order valence-corrected chi connectivity index (χ1v) is 24.4. The fourth-order valence-corrected chi connectivity index (χ4v) is 7.33. The summed E-state index contributed by atoms with van der Waals surface area (Å²) in [5.74, 6) is -0.00636. The van der Waals surface area contributed by atoms with Crippen LogP contribution in [0, 0.1) is 5.92 Å². The molecule has 0 aromatic rings. The summed E-state index contributed by atoms with van der Waals surface area (Å²) in [6.45, 7) is 8.98. The van der Waals surface area contributed by atoms with Crippen LogP contribution in [0.4, 0.5) is 0 Å². The van der Waals surface area contributed by atoms with Gasteiger partial charge in [0.15, 0.2) is 6.10 Å². The predicted molar refractivity (Wildman–Crippen MR) is 233 cm³/mol. The Morgan fingerprint density at radius 1 is 0.345 bits per heavy atom. The van der Waals surface area contributed by atoms with Crippen LogP contribution in [0.25, 0.3) is 0 Å². The molecule has 0 bridgehead atoms. The second-order valence-electron chi connectivity index (χ2n) is 17.2. The minimum Gasteiger partial charge on any atom is -0.462 e. The summed E-state index contributed by atoms with van der Waals surface area (Å²) in [5.41, 5.74) is 0. The number of carbonyl (C=O) groups excluding carboxylic acids is 3. The molecule has 0 aliphatic carbocycles. The molecule has 0 aromatic carbocycles. The summed E-state index contributed by atoms with van der Waals surface area (Å²) in [7, 11) is 0. The maximum atomic E-state index is 12.7. The van der Waals surface area contributed by atoms with Gasteiger partial charge in [-0.15, -0.1) is 0 Å². The van der Waals surface area contributed by atoms with Crippen LogP contribution in [0.2, 0.25) is 0 Å². The number of unbranched alkanes of at least 4 members (excludes halogenated alkanes) is 31. The smallest absolute Gasteiger partial charge is 0.306 e. The first-order valence-electron chi connectivity index (χ1n) is 24.4. The average molecular weight is 779 g/mol. The van der Waals surface area contributed by atoms with Gasteiger partial charge in [0.05, 0.1) is 0 Å². The fourth-order valence-electron chi connectivity index (χ4n) is 7.33. The van der Waals surface area contributed by atoms with E-state index in [0.717, 1.165) is 63.7 Å². The van der Waals surface area contributed by atoms with Crippen LogP contribution in [0.3, 0.4) is 0 Å². The van der Waals surface area contributed by atoms with Crippen molar-refractivity contribution < 1.29 is 28.6 Å². The zero-order valence-electron chi connectivity index (χ0n) is 37.4. The molecule has 0 N–H and O–H groups in total. The summed E-state index contributed by atoms with van der Waals surface area (Å²) < 4.78 is 16.7. The van der Waals surface area contributed by atoms with Crippen molar-refractivity contribution in [1.82, 2.24) is 0 Å². The highest BCUT2D eigenvalue weighted by molar-refractivity contribution is 5.71. The van der Waals surface area contributed by atoms with E-state index in [4.69, 9.17) is 14.2 Å². The maximum Gasteiger partial charge on any atom is 0.306 e. The molecule has 0 aliphatic heterocycles. The van der Waals surface area contributed by atoms with Crippen molar-refractivity contribution in [2.45, 2.75) is 278 Å². The molecule has 6 nitrogen and oxygen atoms in total. The largest absolute Gasteiger partial charge is 0.462 e. The Morgan fingerprint density at radius 2 is 0.600 bits per heavy atom. The molecule has 0 fully saturated rings. The lowest BCUT2D eigenvalue weighted by Crippen LogP contribution is -2.30. The van der Waals surface area contributed by atoms with E-state index in [-0.39, 0.29) is 31.1 Å². The van der Waals surface area contributed by atoms with Crippen LogP contribution in [0.5, 0.6) is 0 Å². The third-order valence-electron chi connectivity index (χ3n) is 11.0. The first-order chi connectivity index (χ1) is 26.9. The lowest BCUT2D eigenvalue weighted by atomic mass is 10.0. The standard InChI is InChI=1S/C49H94O6/c1-5-7-9-11-13-14-15-22-26-30-34-38-42-49(52)55-46(43-53-47(50)40-36-32-27-12-10-8-6-2)44-54-48(51)41-37-33-29-25-23-20-18-16-17-19-21-24-28-31-35-39-45(3)4/h45-46H,5-44H2,1-4H3/t46-/m1/s1. The van der Waals surface area contributed by atoms with Crippen LogP contribution in [0.15, 0.2) is 0 Å². The molecule has 0 radical (unpaired) electrons. The highest BCUT2D eigenvalue weighted by atomic mass is 16.6. The molecule has 0 spiro atoms. The van der Waals surface area contributed by atoms with E-state index >= 15 is 0 Å². The number of esters is 3. The van der Waals surface area contributed by atoms with Crippen molar-refractivity contribution in [2.24, 2.45) is 5.92 Å². The first kappa shape index (κ1) is 53.4. The third kappa shape index (κ3) is 43.4. The van der Waals surface area contributed by atoms with Gasteiger partial charge < -0.3 is 14.2 Å². The third-order valence-corrected chi connectivity index (χ3v) is 11.0. The van der Waals surface area contributed by atoms with Gasteiger partial charge in [0.2, 0.25) is 0 Å². The minimum atomic E-state index is -0.758. The Labute approximate surface area is 342 Å². The van der Waals surface area contributed by atoms with Crippen LogP contribution in [-0.4, -0.2) is 37.2 Å². The summed E-state index contributed by atoms with van der Waals surface area (Å²) in [5, 5.41) is 0. The number of carbonyl (C=O) groups is 3. The van der Waals surface area contributed by atoms with Crippen molar-refractivity contribution in [2.75, 3.05) is 13.2 Å². The van der Waals surface area contributed by atoms with E-state index in [1.165, 1.54) is 167 Å². The molecule has 326 valence electrons. The Morgan fingerprint density at radius 3 is 0.891 bits per heavy atom. The number of hydrogen-bond acceptors (Lipinski definition) is 6. The minimum absolute atomic E-state index is 0.0635. The Kier molecular flexibility index (Phi) is 42.3. The summed E-state index contributed by atoms with van der Waals surface area (Å²) >= 11 is 0. The molecule has 0 heterocycles. The zero-order chi connectivity index (χ0) is 40.3. The van der Waals surface area contributed by atoms with Gasteiger partial charge in [0, 0.05) is 19.3 Å². The molecule has 0 saturated carbocycles. The van der Waals surface area contributed by atoms with E-state index in [1.807, 2.05) is 0 Å². The molecule has 0 saturated heterocycles. The van der Waals surface area contributed by atoms with Crippen molar-refractivity contribution in [3.8, 4) is 0 Å². The molecule has 0 aliphatic rings. The predicted octanol–water partition coefficient (Wildman–Crippen LogP) is 15.5. The van der Waals surface area contributed by atoms with E-state index in [2.05, 4.69) is 27.7 Å². The number of ether oxygens (including phenoxy) is 3. The molecule has 0 amide bonds. The van der Waals surface area contributed by atoms with Gasteiger partial charge in [-0.05, 0) is 25.2 Å². The van der Waals surface area contributed by atoms with Crippen molar-refractivity contribution >= 4 is 17.9 Å². The molecule has 0 aromatic heterocycles. The van der Waals surface area contributed by atoms with Crippen molar-refractivity contribution in [3.63, 3.8) is 0 Å². The molecule has 1 atom stereocenters. The highest BCUT2D eigenvalue weighted by Crippen LogP contribution is 2.17. The summed E-state index contributed by atoms with van der Waals surface area (Å²) in [6.07, 6.45) is 43.8. The van der Waals surface area contributed by atoms with Crippen LogP contribution in [0.1, 0.15) is 272 Å². The normalized spacial score (nSPS) is 11.9. The van der Waals surface area contributed by atoms with E-state index < -0.39 is 6.10 Å². The Hall–Kier alpha value is -1.59. The van der Waals surface area contributed by atoms with Crippen LogP contribution < -0.4 is 0 Å². The number of rotatable bonds is 44. The van der Waals surface area contributed by atoms with Gasteiger partial charge in [-0.1, -0.05) is 233 Å². The van der Waals surface area contributed by atoms with Gasteiger partial charge in [-0.25, -0.2) is 0 Å². The van der Waals surface area contributed by atoms with E-state index in [0.29, 0.717) is 19.3 Å². The second kappa shape index (κ2) is 43.5. The zero-order valence-corrected chi connectivity index (χ0v) is 37.4. The average Bonchev–Trinajstić information content (AvgIpc) is 3.17. The summed E-state index contributed by atoms with van der Waals surface area (Å²) in [4.78, 5) is 37.7. The van der Waals surface area contributed by atoms with E-state index in [9.17, 15) is 14.4 Å². The SMILES string of the molecule is CCCCCCCCCCCCCCC(=O)O[C@H](COC(=O)CCCCCCCCC)COC(=O)CCCCCCCCCCCCCCCCCC(C)C.